The molecule has 2 aliphatic rings. The number of ketones is 2. The molecule has 2 nitrogen and oxygen atoms in total. The molecule has 0 atom stereocenters. The highest BCUT2D eigenvalue weighted by molar-refractivity contribution is 14.1. The van der Waals surface area contributed by atoms with Gasteiger partial charge in [-0.1, -0.05) is 23.2 Å². The molecule has 2 aliphatic carbocycles. The van der Waals surface area contributed by atoms with Gasteiger partial charge in [0.15, 0.2) is 0 Å². The molecule has 0 amide bonds. The Morgan fingerprint density at radius 1 is 0.722 bits per heavy atom. The lowest BCUT2D eigenvalue weighted by molar-refractivity contribution is -0.111. The SMILES string of the molecule is O=C1C(Cl)=CC(=C2C=C(I)C(=O)C(I)=C2)C=C1Cl. The normalized spacial score (nSPS) is 20.4. The van der Waals surface area contributed by atoms with Gasteiger partial charge in [0.05, 0.1) is 17.2 Å². The maximum atomic E-state index is 11.6. The number of halogens is 4. The minimum atomic E-state index is -0.382. The summed E-state index contributed by atoms with van der Waals surface area (Å²) in [7, 11) is 0. The van der Waals surface area contributed by atoms with Gasteiger partial charge in [-0.05, 0) is 80.6 Å². The molecule has 0 aromatic rings. The van der Waals surface area contributed by atoms with Crippen molar-refractivity contribution in [2.24, 2.45) is 0 Å². The smallest absolute Gasteiger partial charge is 0.215 e. The minimum Gasteiger partial charge on any atom is -0.288 e. The first-order valence-corrected chi connectivity index (χ1v) is 7.64. The van der Waals surface area contributed by atoms with Crippen LogP contribution in [0.15, 0.2) is 52.7 Å². The fraction of sp³-hybridized carbons (Fsp3) is 0. The molecule has 0 saturated heterocycles. The summed E-state index contributed by atoms with van der Waals surface area (Å²) in [6.45, 7) is 0. The molecule has 0 aromatic heterocycles. The van der Waals surface area contributed by atoms with Gasteiger partial charge in [-0.2, -0.15) is 0 Å². The Hall–Kier alpha value is 0.0800. The van der Waals surface area contributed by atoms with Gasteiger partial charge in [-0.25, -0.2) is 0 Å². The van der Waals surface area contributed by atoms with E-state index in [0.717, 1.165) is 11.1 Å². The van der Waals surface area contributed by atoms with Crippen molar-refractivity contribution in [3.63, 3.8) is 0 Å². The molecule has 18 heavy (non-hydrogen) atoms. The third kappa shape index (κ3) is 2.81. The van der Waals surface area contributed by atoms with Crippen molar-refractivity contribution in [1.29, 1.82) is 0 Å². The lowest BCUT2D eigenvalue weighted by Crippen LogP contribution is -2.06. The van der Waals surface area contributed by atoms with E-state index in [-0.39, 0.29) is 21.6 Å². The summed E-state index contributed by atoms with van der Waals surface area (Å²) in [5, 5.41) is 0.155. The Morgan fingerprint density at radius 3 is 1.56 bits per heavy atom. The standard InChI is InChI=1S/C12H4Cl2I2O2/c13-7-1-5(2-8(14)11(7)17)6-3-9(15)12(18)10(16)4-6/h1-4H. The van der Waals surface area contributed by atoms with Crippen molar-refractivity contribution in [3.8, 4) is 0 Å². The largest absolute Gasteiger partial charge is 0.288 e. The van der Waals surface area contributed by atoms with Crippen LogP contribution < -0.4 is 0 Å². The Labute approximate surface area is 141 Å². The van der Waals surface area contributed by atoms with Crippen molar-refractivity contribution < 1.29 is 9.59 Å². The number of hydrogen-bond acceptors (Lipinski definition) is 2. The molecular weight excluding hydrogens is 501 g/mol. The number of rotatable bonds is 0. The highest BCUT2D eigenvalue weighted by Gasteiger charge is 2.21. The average molecular weight is 505 g/mol. The van der Waals surface area contributed by atoms with E-state index < -0.39 is 0 Å². The van der Waals surface area contributed by atoms with Crippen LogP contribution >= 0.6 is 68.4 Å². The van der Waals surface area contributed by atoms with Crippen LogP contribution in [0.4, 0.5) is 0 Å². The Morgan fingerprint density at radius 2 is 1.11 bits per heavy atom. The van der Waals surface area contributed by atoms with Crippen molar-refractivity contribution in [2.75, 3.05) is 0 Å². The van der Waals surface area contributed by atoms with E-state index in [0.29, 0.717) is 7.16 Å². The molecule has 0 aromatic carbocycles. The lowest BCUT2D eigenvalue weighted by atomic mass is 9.98. The highest BCUT2D eigenvalue weighted by atomic mass is 127. The quantitative estimate of drug-likeness (QED) is 0.460. The highest BCUT2D eigenvalue weighted by Crippen LogP contribution is 2.32. The van der Waals surface area contributed by atoms with E-state index in [1.54, 1.807) is 24.3 Å². The third-order valence-electron chi connectivity index (χ3n) is 2.33. The molecule has 0 N–H and O–H groups in total. The van der Waals surface area contributed by atoms with E-state index in [2.05, 4.69) is 0 Å². The summed E-state index contributed by atoms with van der Waals surface area (Å²) in [5.41, 5.74) is 1.53. The van der Waals surface area contributed by atoms with Gasteiger partial charge in [-0.15, -0.1) is 0 Å². The van der Waals surface area contributed by atoms with Crippen LogP contribution in [0, 0.1) is 0 Å². The Balaban J connectivity index is 2.58. The summed E-state index contributed by atoms with van der Waals surface area (Å²) in [6.07, 6.45) is 6.61. The van der Waals surface area contributed by atoms with Gasteiger partial charge < -0.3 is 0 Å². The number of hydrogen-bond donors (Lipinski definition) is 0. The van der Waals surface area contributed by atoms with Gasteiger partial charge in [0.2, 0.25) is 11.6 Å². The van der Waals surface area contributed by atoms with E-state index in [1.165, 1.54) is 0 Å². The Bertz CT molecular complexity index is 520. The van der Waals surface area contributed by atoms with Gasteiger partial charge in [0.25, 0.3) is 0 Å². The minimum absolute atomic E-state index is 0.00223. The first kappa shape index (κ1) is 14.5. The van der Waals surface area contributed by atoms with Crippen LogP contribution in [0.3, 0.4) is 0 Å². The van der Waals surface area contributed by atoms with E-state index in [4.69, 9.17) is 23.2 Å². The van der Waals surface area contributed by atoms with Crippen LogP contribution in [0.2, 0.25) is 0 Å². The van der Waals surface area contributed by atoms with Gasteiger partial charge in [-0.3, -0.25) is 9.59 Å². The topological polar surface area (TPSA) is 34.1 Å². The van der Waals surface area contributed by atoms with E-state index in [1.807, 2.05) is 45.2 Å². The van der Waals surface area contributed by atoms with Gasteiger partial charge >= 0.3 is 0 Å². The first-order valence-electron chi connectivity index (χ1n) is 4.72. The maximum absolute atomic E-state index is 11.6. The van der Waals surface area contributed by atoms with Crippen LogP contribution in [0.5, 0.6) is 0 Å². The van der Waals surface area contributed by atoms with Crippen molar-refractivity contribution in [3.05, 3.63) is 52.7 Å². The molecule has 0 fully saturated rings. The number of carbonyl (C=O) groups is 2. The summed E-state index contributed by atoms with van der Waals surface area (Å²) in [5.74, 6) is -0.385. The van der Waals surface area contributed by atoms with Crippen LogP contribution in [-0.2, 0) is 9.59 Å². The molecule has 6 heteroatoms. The molecule has 0 saturated carbocycles. The van der Waals surface area contributed by atoms with Crippen LogP contribution in [0.1, 0.15) is 0 Å². The van der Waals surface area contributed by atoms with Gasteiger partial charge in [0, 0.05) is 0 Å². The predicted molar refractivity (Wildman–Crippen MR) is 89.1 cm³/mol. The lowest BCUT2D eigenvalue weighted by Gasteiger charge is -2.12. The molecule has 92 valence electrons. The monoisotopic (exact) mass is 504 g/mol. The van der Waals surface area contributed by atoms with Crippen molar-refractivity contribution in [1.82, 2.24) is 0 Å². The number of Topliss-reactive ketones (excluding diaryl/α,β-unsaturated/α-hetero) is 2. The van der Waals surface area contributed by atoms with Gasteiger partial charge in [0.1, 0.15) is 0 Å². The fourth-order valence-electron chi connectivity index (χ4n) is 1.45. The first-order chi connectivity index (χ1) is 8.40. The second-order valence-corrected chi connectivity index (χ2v) is 6.68. The zero-order chi connectivity index (χ0) is 13.4. The molecule has 0 heterocycles. The third-order valence-corrected chi connectivity index (χ3v) is 4.49. The predicted octanol–water partition coefficient (Wildman–Crippen LogP) is 4.33. The Kier molecular flexibility index (Phi) is 4.51. The van der Waals surface area contributed by atoms with Crippen LogP contribution in [-0.4, -0.2) is 11.6 Å². The maximum Gasteiger partial charge on any atom is 0.215 e. The fourth-order valence-corrected chi connectivity index (χ4v) is 3.71. The average Bonchev–Trinajstić information content (AvgIpc) is 2.31. The summed E-state index contributed by atoms with van der Waals surface area (Å²) < 4.78 is 1.24. The second-order valence-electron chi connectivity index (χ2n) is 3.54. The van der Waals surface area contributed by atoms with E-state index in [9.17, 15) is 9.59 Å². The summed E-state index contributed by atoms with van der Waals surface area (Å²) in [4.78, 5) is 23.0. The molecule has 0 spiro atoms. The second kappa shape index (κ2) is 5.60. The number of allylic oxidation sites excluding steroid dienone is 10. The zero-order valence-corrected chi connectivity index (χ0v) is 14.5. The van der Waals surface area contributed by atoms with Crippen LogP contribution in [0.25, 0.3) is 0 Å². The van der Waals surface area contributed by atoms with E-state index >= 15 is 0 Å². The molecule has 0 radical (unpaired) electrons. The number of carbonyl (C=O) groups excluding carboxylic acids is 2. The van der Waals surface area contributed by atoms with Crippen molar-refractivity contribution >= 4 is 80.0 Å². The molecule has 0 unspecified atom stereocenters. The zero-order valence-electron chi connectivity index (χ0n) is 8.64. The molecule has 0 aliphatic heterocycles. The summed E-state index contributed by atoms with van der Waals surface area (Å²) >= 11 is 15.6. The molecule has 2 rings (SSSR count). The molecule has 0 bridgehead atoms. The molecular formula is C12H4Cl2I2O2. The van der Waals surface area contributed by atoms with Crippen molar-refractivity contribution in [2.45, 2.75) is 0 Å². The summed E-state index contributed by atoms with van der Waals surface area (Å²) in [6, 6.07) is 0.